The van der Waals surface area contributed by atoms with E-state index in [1.807, 2.05) is 48.2 Å². The number of thioether (sulfide) groups is 1. The van der Waals surface area contributed by atoms with Crippen LogP contribution in [0.2, 0.25) is 5.02 Å². The standard InChI is InChI=1S/C21H22ClN3OS/c1-15(20(26)24-11-5-6-12-24)27-21-23-18-13-17(22)9-10-19(18)25(21)14-16-7-3-2-4-8-16/h2-4,7-10,13,15H,5-6,11-12,14H2,1H3. The molecule has 1 atom stereocenters. The summed E-state index contributed by atoms with van der Waals surface area (Å²) in [6.07, 6.45) is 2.21. The van der Waals surface area contributed by atoms with Gasteiger partial charge in [-0.1, -0.05) is 53.7 Å². The molecular formula is C21H22ClN3OS. The van der Waals surface area contributed by atoms with Crippen LogP contribution in [0.25, 0.3) is 11.0 Å². The zero-order chi connectivity index (χ0) is 18.8. The summed E-state index contributed by atoms with van der Waals surface area (Å²) in [6.45, 7) is 4.44. The molecule has 1 aliphatic rings. The van der Waals surface area contributed by atoms with E-state index in [0.717, 1.165) is 42.1 Å². The van der Waals surface area contributed by atoms with Crippen LogP contribution in [0, 0.1) is 0 Å². The summed E-state index contributed by atoms with van der Waals surface area (Å²) < 4.78 is 2.18. The maximum absolute atomic E-state index is 12.7. The van der Waals surface area contributed by atoms with Crippen molar-refractivity contribution in [2.24, 2.45) is 0 Å². The Labute approximate surface area is 168 Å². The molecule has 2 aromatic carbocycles. The monoisotopic (exact) mass is 399 g/mol. The van der Waals surface area contributed by atoms with Gasteiger partial charge in [-0.25, -0.2) is 4.98 Å². The second kappa shape index (κ2) is 7.95. The van der Waals surface area contributed by atoms with E-state index in [0.29, 0.717) is 11.6 Å². The van der Waals surface area contributed by atoms with Crippen LogP contribution in [0.3, 0.4) is 0 Å². The Morgan fingerprint density at radius 2 is 1.93 bits per heavy atom. The molecule has 1 saturated heterocycles. The van der Waals surface area contributed by atoms with Crippen LogP contribution in [0.1, 0.15) is 25.3 Å². The molecule has 4 nitrogen and oxygen atoms in total. The summed E-state index contributed by atoms with van der Waals surface area (Å²) in [7, 11) is 0. The first-order valence-corrected chi connectivity index (χ1v) is 10.5. The van der Waals surface area contributed by atoms with Crippen LogP contribution in [0.4, 0.5) is 0 Å². The highest BCUT2D eigenvalue weighted by atomic mass is 35.5. The van der Waals surface area contributed by atoms with E-state index in [2.05, 4.69) is 16.7 Å². The molecule has 0 radical (unpaired) electrons. The topological polar surface area (TPSA) is 38.1 Å². The average Bonchev–Trinajstić information content (AvgIpc) is 3.31. The molecule has 1 unspecified atom stereocenters. The lowest BCUT2D eigenvalue weighted by atomic mass is 10.2. The van der Waals surface area contributed by atoms with Crippen LogP contribution < -0.4 is 0 Å². The first-order chi connectivity index (χ1) is 13.1. The lowest BCUT2D eigenvalue weighted by molar-refractivity contribution is -0.129. The molecule has 4 rings (SSSR count). The molecule has 1 amide bonds. The Balaban J connectivity index is 1.66. The van der Waals surface area contributed by atoms with E-state index in [1.165, 1.54) is 17.3 Å². The molecule has 6 heteroatoms. The Hall–Kier alpha value is -1.98. The van der Waals surface area contributed by atoms with E-state index in [1.54, 1.807) is 0 Å². The second-order valence-electron chi connectivity index (χ2n) is 6.89. The largest absolute Gasteiger partial charge is 0.342 e. The van der Waals surface area contributed by atoms with Crippen molar-refractivity contribution in [3.05, 3.63) is 59.1 Å². The Morgan fingerprint density at radius 3 is 2.67 bits per heavy atom. The van der Waals surface area contributed by atoms with Crippen molar-refractivity contribution in [1.82, 2.24) is 14.5 Å². The number of hydrogen-bond donors (Lipinski definition) is 0. The first-order valence-electron chi connectivity index (χ1n) is 9.27. The number of carbonyl (C=O) groups excluding carboxylic acids is 1. The minimum absolute atomic E-state index is 0.162. The number of benzene rings is 2. The van der Waals surface area contributed by atoms with Crippen molar-refractivity contribution in [2.45, 2.75) is 36.7 Å². The average molecular weight is 400 g/mol. The molecule has 1 aliphatic heterocycles. The van der Waals surface area contributed by atoms with E-state index in [4.69, 9.17) is 16.6 Å². The zero-order valence-electron chi connectivity index (χ0n) is 15.3. The highest BCUT2D eigenvalue weighted by Crippen LogP contribution is 2.30. The number of carbonyl (C=O) groups is 1. The van der Waals surface area contributed by atoms with Gasteiger partial charge in [-0.15, -0.1) is 0 Å². The van der Waals surface area contributed by atoms with Gasteiger partial charge in [0.25, 0.3) is 0 Å². The highest BCUT2D eigenvalue weighted by molar-refractivity contribution is 8.00. The minimum atomic E-state index is -0.162. The number of hydrogen-bond acceptors (Lipinski definition) is 3. The lowest BCUT2D eigenvalue weighted by Gasteiger charge is -2.20. The van der Waals surface area contributed by atoms with Crippen LogP contribution in [0.15, 0.2) is 53.7 Å². The normalized spacial score (nSPS) is 15.4. The number of fused-ring (bicyclic) bond motifs is 1. The van der Waals surface area contributed by atoms with E-state index in [9.17, 15) is 4.79 Å². The van der Waals surface area contributed by atoms with Gasteiger partial charge in [-0.3, -0.25) is 4.79 Å². The molecule has 0 spiro atoms. The van der Waals surface area contributed by atoms with Crippen molar-refractivity contribution < 1.29 is 4.79 Å². The fourth-order valence-corrected chi connectivity index (χ4v) is 4.67. The molecule has 140 valence electrons. The number of nitrogens with zero attached hydrogens (tertiary/aromatic N) is 3. The third-order valence-corrected chi connectivity index (χ3v) is 6.22. The molecule has 2 heterocycles. The van der Waals surface area contributed by atoms with Crippen LogP contribution in [0.5, 0.6) is 0 Å². The van der Waals surface area contributed by atoms with Gasteiger partial charge in [0.15, 0.2) is 5.16 Å². The summed E-state index contributed by atoms with van der Waals surface area (Å²) in [4.78, 5) is 19.5. The van der Waals surface area contributed by atoms with Crippen LogP contribution in [-0.2, 0) is 11.3 Å². The maximum Gasteiger partial charge on any atom is 0.235 e. The number of aromatic nitrogens is 2. The van der Waals surface area contributed by atoms with Gasteiger partial charge in [0.1, 0.15) is 0 Å². The second-order valence-corrected chi connectivity index (χ2v) is 8.64. The highest BCUT2D eigenvalue weighted by Gasteiger charge is 2.26. The number of rotatable bonds is 5. The number of imidazole rings is 1. The third kappa shape index (κ3) is 3.99. The van der Waals surface area contributed by atoms with Gasteiger partial charge in [0, 0.05) is 18.1 Å². The van der Waals surface area contributed by atoms with Crippen molar-refractivity contribution in [3.8, 4) is 0 Å². The molecule has 0 aliphatic carbocycles. The van der Waals surface area contributed by atoms with Crippen molar-refractivity contribution in [3.63, 3.8) is 0 Å². The lowest BCUT2D eigenvalue weighted by Crippen LogP contribution is -2.34. The van der Waals surface area contributed by atoms with Crippen LogP contribution >= 0.6 is 23.4 Å². The molecule has 3 aromatic rings. The Bertz CT molecular complexity index is 951. The quantitative estimate of drug-likeness (QED) is 0.576. The van der Waals surface area contributed by atoms with Crippen molar-refractivity contribution >= 4 is 40.3 Å². The van der Waals surface area contributed by atoms with Gasteiger partial charge >= 0.3 is 0 Å². The summed E-state index contributed by atoms with van der Waals surface area (Å²) in [5, 5.41) is 1.37. The molecular weight excluding hydrogens is 378 g/mol. The van der Waals surface area contributed by atoms with Gasteiger partial charge in [0.05, 0.1) is 22.8 Å². The predicted octanol–water partition coefficient (Wildman–Crippen LogP) is 4.84. The predicted molar refractivity (Wildman–Crippen MR) is 111 cm³/mol. The van der Waals surface area contributed by atoms with E-state index >= 15 is 0 Å². The molecule has 1 aromatic heterocycles. The van der Waals surface area contributed by atoms with E-state index < -0.39 is 0 Å². The minimum Gasteiger partial charge on any atom is -0.342 e. The molecule has 27 heavy (non-hydrogen) atoms. The Morgan fingerprint density at radius 1 is 1.19 bits per heavy atom. The smallest absolute Gasteiger partial charge is 0.235 e. The third-order valence-electron chi connectivity index (χ3n) is 4.91. The SMILES string of the molecule is CC(Sc1nc2cc(Cl)ccc2n1Cc1ccccc1)C(=O)N1CCCC1. The van der Waals surface area contributed by atoms with Gasteiger partial charge in [-0.05, 0) is 43.5 Å². The molecule has 0 saturated carbocycles. The number of likely N-dealkylation sites (tertiary alicyclic amines) is 1. The maximum atomic E-state index is 12.7. The van der Waals surface area contributed by atoms with E-state index in [-0.39, 0.29) is 11.2 Å². The summed E-state index contributed by atoms with van der Waals surface area (Å²) in [6, 6.07) is 16.1. The van der Waals surface area contributed by atoms with Gasteiger partial charge in [0.2, 0.25) is 5.91 Å². The molecule has 0 N–H and O–H groups in total. The summed E-state index contributed by atoms with van der Waals surface area (Å²) in [5.41, 5.74) is 3.10. The molecule has 1 fully saturated rings. The number of amides is 1. The van der Waals surface area contributed by atoms with Crippen molar-refractivity contribution in [1.29, 1.82) is 0 Å². The van der Waals surface area contributed by atoms with Gasteiger partial charge in [-0.2, -0.15) is 0 Å². The fraction of sp³-hybridized carbons (Fsp3) is 0.333. The zero-order valence-corrected chi connectivity index (χ0v) is 16.8. The van der Waals surface area contributed by atoms with Crippen molar-refractivity contribution in [2.75, 3.05) is 13.1 Å². The first kappa shape index (κ1) is 18.4. The number of halogens is 1. The molecule has 0 bridgehead atoms. The summed E-state index contributed by atoms with van der Waals surface area (Å²) >= 11 is 7.70. The summed E-state index contributed by atoms with van der Waals surface area (Å²) in [5.74, 6) is 0.203. The van der Waals surface area contributed by atoms with Crippen LogP contribution in [-0.4, -0.2) is 38.7 Å². The Kier molecular flexibility index (Phi) is 5.41. The van der Waals surface area contributed by atoms with Gasteiger partial charge < -0.3 is 9.47 Å². The fourth-order valence-electron chi connectivity index (χ4n) is 3.49.